The molecule has 5 heteroatoms. The van der Waals surface area contributed by atoms with Crippen molar-refractivity contribution in [3.05, 3.63) is 16.4 Å². The molecule has 0 amide bonds. The number of halogens is 1. The molecule has 1 aliphatic rings. The number of Topliss-reactive ketones (excluding diaryl/α,β-unsaturated/α-hetero) is 1. The van der Waals surface area contributed by atoms with Gasteiger partial charge in [0.1, 0.15) is 11.3 Å². The molecule has 1 aromatic rings. The van der Waals surface area contributed by atoms with E-state index in [-0.39, 0.29) is 5.78 Å². The summed E-state index contributed by atoms with van der Waals surface area (Å²) in [6.45, 7) is 7.45. The van der Waals surface area contributed by atoms with Crippen LogP contribution in [-0.4, -0.2) is 27.8 Å². The topological polar surface area (TPSA) is 44.1 Å². The molecule has 0 saturated heterocycles. The highest BCUT2D eigenvalue weighted by Crippen LogP contribution is 2.38. The number of ether oxygens (including phenoxy) is 1. The van der Waals surface area contributed by atoms with Crippen molar-refractivity contribution in [3.63, 3.8) is 0 Å². The molecule has 0 bridgehead atoms. The van der Waals surface area contributed by atoms with Crippen molar-refractivity contribution in [1.29, 1.82) is 0 Å². The molecule has 0 atom stereocenters. The molecule has 1 aromatic heterocycles. The first kappa shape index (κ1) is 15.7. The highest BCUT2D eigenvalue weighted by Gasteiger charge is 2.44. The zero-order valence-corrected chi connectivity index (χ0v) is 14.1. The third-order valence-electron chi connectivity index (χ3n) is 4.23. The van der Waals surface area contributed by atoms with Crippen LogP contribution in [0.4, 0.5) is 0 Å². The fourth-order valence-electron chi connectivity index (χ4n) is 2.99. The van der Waals surface area contributed by atoms with Gasteiger partial charge in [0.15, 0.2) is 0 Å². The molecule has 1 aliphatic carbocycles. The first-order chi connectivity index (χ1) is 9.54. The number of carbonyl (C=O) groups excluding carboxylic acids is 1. The van der Waals surface area contributed by atoms with Crippen molar-refractivity contribution < 1.29 is 9.53 Å². The average molecular weight is 343 g/mol. The number of hydrogen-bond acceptors (Lipinski definition) is 3. The van der Waals surface area contributed by atoms with Gasteiger partial charge in [-0.05, 0) is 61.4 Å². The van der Waals surface area contributed by atoms with Gasteiger partial charge in [-0.3, -0.25) is 9.48 Å². The van der Waals surface area contributed by atoms with E-state index in [9.17, 15) is 4.79 Å². The van der Waals surface area contributed by atoms with E-state index >= 15 is 0 Å². The summed E-state index contributed by atoms with van der Waals surface area (Å²) < 4.78 is 8.47. The highest BCUT2D eigenvalue weighted by atomic mass is 79.9. The van der Waals surface area contributed by atoms with Crippen LogP contribution in [0.5, 0.6) is 0 Å². The minimum absolute atomic E-state index is 0.0810. The molecular weight excluding hydrogens is 320 g/mol. The van der Waals surface area contributed by atoms with Crippen molar-refractivity contribution >= 4 is 21.7 Å². The van der Waals surface area contributed by atoms with E-state index in [1.165, 1.54) is 0 Å². The molecule has 1 heterocycles. The minimum atomic E-state index is -0.656. The summed E-state index contributed by atoms with van der Waals surface area (Å²) in [6.07, 6.45) is 5.40. The molecule has 0 unspecified atom stereocenters. The van der Waals surface area contributed by atoms with Crippen LogP contribution in [0.3, 0.4) is 0 Å². The number of aryl methyl sites for hydroxylation is 1. The van der Waals surface area contributed by atoms with E-state index in [1.54, 1.807) is 10.9 Å². The number of hydrogen-bond donors (Lipinski definition) is 0. The summed E-state index contributed by atoms with van der Waals surface area (Å²) in [5.74, 6) is 0.758. The number of nitrogens with zero attached hydrogens (tertiary/aromatic N) is 2. The summed E-state index contributed by atoms with van der Waals surface area (Å²) in [5, 5.41) is 4.25. The fraction of sp³-hybridized carbons (Fsp3) is 0.733. The molecule has 0 radical (unpaired) electrons. The van der Waals surface area contributed by atoms with Crippen LogP contribution in [0, 0.1) is 5.92 Å². The van der Waals surface area contributed by atoms with Crippen molar-refractivity contribution in [2.24, 2.45) is 5.92 Å². The number of aromatic nitrogens is 2. The second-order valence-corrected chi connectivity index (χ2v) is 6.45. The Balaban J connectivity index is 2.34. The number of rotatable bonds is 5. The van der Waals surface area contributed by atoms with Crippen LogP contribution in [0.15, 0.2) is 10.7 Å². The Morgan fingerprint density at radius 1 is 1.50 bits per heavy atom. The second kappa shape index (κ2) is 6.39. The van der Waals surface area contributed by atoms with Crippen molar-refractivity contribution in [2.45, 2.75) is 58.6 Å². The van der Waals surface area contributed by atoms with Gasteiger partial charge < -0.3 is 4.74 Å². The van der Waals surface area contributed by atoms with Crippen LogP contribution in [-0.2, 0) is 11.3 Å². The lowest BCUT2D eigenvalue weighted by molar-refractivity contribution is -0.0480. The quantitative estimate of drug-likeness (QED) is 0.763. The monoisotopic (exact) mass is 342 g/mol. The van der Waals surface area contributed by atoms with Crippen LogP contribution in [0.25, 0.3) is 0 Å². The summed E-state index contributed by atoms with van der Waals surface area (Å²) in [7, 11) is 0. The Morgan fingerprint density at radius 2 is 2.15 bits per heavy atom. The molecule has 0 N–H and O–H groups in total. The van der Waals surface area contributed by atoms with Crippen molar-refractivity contribution in [1.82, 2.24) is 9.78 Å². The molecule has 0 aromatic carbocycles. The molecule has 112 valence electrons. The smallest absolute Gasteiger partial charge is 0.213 e. The van der Waals surface area contributed by atoms with Gasteiger partial charge >= 0.3 is 0 Å². The van der Waals surface area contributed by atoms with Gasteiger partial charge in [-0.25, -0.2) is 0 Å². The summed E-state index contributed by atoms with van der Waals surface area (Å²) in [6, 6.07) is 0. The van der Waals surface area contributed by atoms with Crippen molar-refractivity contribution in [3.8, 4) is 0 Å². The normalized spacial score (nSPS) is 26.7. The van der Waals surface area contributed by atoms with Crippen LogP contribution in [0.2, 0.25) is 0 Å². The maximum atomic E-state index is 13.1. The molecule has 0 spiro atoms. The Morgan fingerprint density at radius 3 is 2.70 bits per heavy atom. The Bertz CT molecular complexity index is 476. The summed E-state index contributed by atoms with van der Waals surface area (Å²) >= 11 is 3.45. The number of carbonyl (C=O) groups is 1. The zero-order chi connectivity index (χ0) is 14.8. The molecule has 20 heavy (non-hydrogen) atoms. The van der Waals surface area contributed by atoms with Gasteiger partial charge in [0, 0.05) is 13.2 Å². The Hall–Kier alpha value is -0.680. The third-order valence-corrected chi connectivity index (χ3v) is 4.81. The van der Waals surface area contributed by atoms with Crippen molar-refractivity contribution in [2.75, 3.05) is 6.61 Å². The fourth-order valence-corrected chi connectivity index (χ4v) is 3.46. The van der Waals surface area contributed by atoms with Gasteiger partial charge in [0.05, 0.1) is 10.7 Å². The standard InChI is InChI=1S/C15H23BrN2O2/c1-4-18-13(12(16)10-17-18)14(19)15(20-5-2)8-6-11(3)7-9-15/h10-11H,4-9H2,1-3H3. The lowest BCUT2D eigenvalue weighted by Crippen LogP contribution is -2.45. The predicted molar refractivity (Wildman–Crippen MR) is 81.9 cm³/mol. The molecular formula is C15H23BrN2O2. The SMILES string of the molecule is CCOC1(C(=O)c2c(Br)cnn2CC)CCC(C)CC1. The van der Waals surface area contributed by atoms with Gasteiger partial charge in [-0.2, -0.15) is 5.10 Å². The molecule has 0 aliphatic heterocycles. The molecule has 1 saturated carbocycles. The van der Waals surface area contributed by atoms with E-state index in [0.717, 1.165) is 30.2 Å². The minimum Gasteiger partial charge on any atom is -0.367 e. The van der Waals surface area contributed by atoms with Crippen LogP contribution < -0.4 is 0 Å². The summed E-state index contributed by atoms with van der Waals surface area (Å²) in [5.41, 5.74) is -0.00740. The average Bonchev–Trinajstić information content (AvgIpc) is 2.82. The van der Waals surface area contributed by atoms with E-state index in [0.29, 0.717) is 24.8 Å². The van der Waals surface area contributed by atoms with E-state index in [4.69, 9.17) is 4.74 Å². The summed E-state index contributed by atoms with van der Waals surface area (Å²) in [4.78, 5) is 13.1. The second-order valence-electron chi connectivity index (χ2n) is 5.60. The third kappa shape index (κ3) is 2.84. The molecule has 2 rings (SSSR count). The maximum Gasteiger partial charge on any atom is 0.213 e. The Kier molecular flexibility index (Phi) is 5.02. The Labute approximate surface area is 129 Å². The zero-order valence-electron chi connectivity index (χ0n) is 12.5. The molecule has 1 fully saturated rings. The maximum absolute atomic E-state index is 13.1. The predicted octanol–water partition coefficient (Wildman–Crippen LogP) is 3.83. The van der Waals surface area contributed by atoms with E-state index in [1.807, 2.05) is 13.8 Å². The van der Waals surface area contributed by atoms with Crippen LogP contribution >= 0.6 is 15.9 Å². The first-order valence-corrected chi connectivity index (χ1v) is 8.23. The number of ketones is 1. The lowest BCUT2D eigenvalue weighted by atomic mass is 9.76. The first-order valence-electron chi connectivity index (χ1n) is 7.44. The van der Waals surface area contributed by atoms with Gasteiger partial charge in [0.2, 0.25) is 5.78 Å². The van der Waals surface area contributed by atoms with Gasteiger partial charge in [-0.1, -0.05) is 6.92 Å². The van der Waals surface area contributed by atoms with Gasteiger partial charge in [-0.15, -0.1) is 0 Å². The van der Waals surface area contributed by atoms with Gasteiger partial charge in [0.25, 0.3) is 0 Å². The van der Waals surface area contributed by atoms with E-state index in [2.05, 4.69) is 28.0 Å². The highest BCUT2D eigenvalue weighted by molar-refractivity contribution is 9.10. The largest absolute Gasteiger partial charge is 0.367 e. The van der Waals surface area contributed by atoms with Crippen LogP contribution in [0.1, 0.15) is 56.9 Å². The lowest BCUT2D eigenvalue weighted by Gasteiger charge is -2.37. The van der Waals surface area contributed by atoms with E-state index < -0.39 is 5.60 Å². The molecule has 4 nitrogen and oxygen atoms in total.